The zero-order valence-electron chi connectivity index (χ0n) is 12.4. The molecule has 5 heteroatoms. The summed E-state index contributed by atoms with van der Waals surface area (Å²) >= 11 is 0. The van der Waals surface area contributed by atoms with Crippen LogP contribution in [0.2, 0.25) is 0 Å². The maximum Gasteiger partial charge on any atom is 0.213 e. The first-order chi connectivity index (χ1) is 7.48. The van der Waals surface area contributed by atoms with Crippen molar-refractivity contribution in [2.24, 2.45) is 0 Å². The van der Waals surface area contributed by atoms with Crippen LogP contribution in [-0.2, 0) is 13.4 Å². The van der Waals surface area contributed by atoms with Gasteiger partial charge in [-0.3, -0.25) is 13.4 Å². The second-order valence-corrected chi connectivity index (χ2v) is 13.1. The largest absolute Gasteiger partial charge is 0.292 e. The van der Waals surface area contributed by atoms with E-state index in [4.69, 9.17) is 4.31 Å². The maximum absolute atomic E-state index is 12.8. The Labute approximate surface area is 107 Å². The lowest BCUT2D eigenvalue weighted by Gasteiger charge is -2.34. The van der Waals surface area contributed by atoms with Gasteiger partial charge in [-0.25, -0.2) is 0 Å². The summed E-state index contributed by atoms with van der Waals surface area (Å²) in [6.07, 6.45) is 0. The Morgan fingerprint density at radius 3 is 0.882 bits per heavy atom. The Hall–Kier alpha value is 0.420. The highest BCUT2D eigenvalue weighted by atomic mass is 31.2. The maximum atomic E-state index is 12.8. The average molecular weight is 282 g/mol. The SMILES string of the molecule is CC(C)P(=O)(OP(=O)(C(C)C)C(C)C)C(C)C. The third-order valence-corrected chi connectivity index (χ3v) is 10.9. The molecule has 0 fully saturated rings. The molecular weight excluding hydrogens is 254 g/mol. The third kappa shape index (κ3) is 3.69. The van der Waals surface area contributed by atoms with Gasteiger partial charge in [0.2, 0.25) is 14.7 Å². The Kier molecular flexibility index (Phi) is 6.19. The van der Waals surface area contributed by atoms with Gasteiger partial charge in [-0.2, -0.15) is 0 Å². The highest BCUT2D eigenvalue weighted by Crippen LogP contribution is 2.71. The number of hydrogen-bond acceptors (Lipinski definition) is 3. The number of hydrogen-bond donors (Lipinski definition) is 0. The molecule has 0 spiro atoms. The lowest BCUT2D eigenvalue weighted by Crippen LogP contribution is -2.16. The summed E-state index contributed by atoms with van der Waals surface area (Å²) in [7, 11) is -5.71. The van der Waals surface area contributed by atoms with Gasteiger partial charge < -0.3 is 0 Å². The second kappa shape index (κ2) is 6.04. The van der Waals surface area contributed by atoms with Gasteiger partial charge in [-0.05, 0) is 0 Å². The summed E-state index contributed by atoms with van der Waals surface area (Å²) in [6.45, 7) is 15.0. The van der Waals surface area contributed by atoms with E-state index in [0.29, 0.717) is 0 Å². The van der Waals surface area contributed by atoms with E-state index in [-0.39, 0.29) is 22.6 Å². The van der Waals surface area contributed by atoms with Crippen LogP contribution in [-0.4, -0.2) is 22.6 Å². The van der Waals surface area contributed by atoms with Crippen molar-refractivity contribution in [1.82, 2.24) is 0 Å². The van der Waals surface area contributed by atoms with Gasteiger partial charge in [0.25, 0.3) is 0 Å². The Balaban J connectivity index is 5.39. The van der Waals surface area contributed by atoms with Crippen molar-refractivity contribution in [1.29, 1.82) is 0 Å². The van der Waals surface area contributed by atoms with Crippen molar-refractivity contribution in [3.05, 3.63) is 0 Å². The Morgan fingerprint density at radius 1 is 0.588 bits per heavy atom. The summed E-state index contributed by atoms with van der Waals surface area (Å²) in [4.78, 5) is 0. The lowest BCUT2D eigenvalue weighted by atomic mass is 10.5. The van der Waals surface area contributed by atoms with Gasteiger partial charge in [-0.1, -0.05) is 55.4 Å². The average Bonchev–Trinajstić information content (AvgIpc) is 2.15. The Bertz CT molecular complexity index is 277. The standard InChI is InChI=1S/C12H28O3P2/c1-9(2)16(13,10(3)4)15-17(14,11(5)6)12(7)8/h9-12H,1-8H3. The molecule has 0 aliphatic carbocycles. The van der Waals surface area contributed by atoms with Crippen molar-refractivity contribution in [2.45, 2.75) is 78.0 Å². The van der Waals surface area contributed by atoms with Crippen molar-refractivity contribution >= 4 is 14.7 Å². The van der Waals surface area contributed by atoms with E-state index in [0.717, 1.165) is 0 Å². The molecule has 0 aromatic carbocycles. The monoisotopic (exact) mass is 282 g/mol. The van der Waals surface area contributed by atoms with Crippen molar-refractivity contribution in [3.63, 3.8) is 0 Å². The minimum Gasteiger partial charge on any atom is -0.292 e. The smallest absolute Gasteiger partial charge is 0.213 e. The summed E-state index contributed by atoms with van der Waals surface area (Å²) in [5, 5.41) is 0. The van der Waals surface area contributed by atoms with E-state index in [9.17, 15) is 9.13 Å². The van der Waals surface area contributed by atoms with E-state index in [1.54, 1.807) is 0 Å². The molecule has 0 unspecified atom stereocenters. The van der Waals surface area contributed by atoms with Gasteiger partial charge in [0.15, 0.2) is 0 Å². The minimum absolute atomic E-state index is 0.0895. The molecule has 0 N–H and O–H groups in total. The molecule has 0 saturated heterocycles. The zero-order valence-corrected chi connectivity index (χ0v) is 14.2. The van der Waals surface area contributed by atoms with Gasteiger partial charge >= 0.3 is 0 Å². The van der Waals surface area contributed by atoms with Crippen LogP contribution in [0.1, 0.15) is 55.4 Å². The highest BCUT2D eigenvalue weighted by Gasteiger charge is 2.42. The molecule has 0 radical (unpaired) electrons. The van der Waals surface area contributed by atoms with Gasteiger partial charge in [0, 0.05) is 22.6 Å². The van der Waals surface area contributed by atoms with Gasteiger partial charge in [0.05, 0.1) is 0 Å². The van der Waals surface area contributed by atoms with Crippen LogP contribution in [0.25, 0.3) is 0 Å². The fraction of sp³-hybridized carbons (Fsp3) is 1.00. The second-order valence-electron chi connectivity index (χ2n) is 5.75. The highest BCUT2D eigenvalue weighted by molar-refractivity contribution is 7.73. The molecule has 3 nitrogen and oxygen atoms in total. The molecule has 0 aliphatic heterocycles. The molecule has 17 heavy (non-hydrogen) atoms. The van der Waals surface area contributed by atoms with E-state index in [1.165, 1.54) is 0 Å². The molecule has 0 aromatic heterocycles. The molecular formula is C12H28O3P2. The third-order valence-electron chi connectivity index (χ3n) is 3.13. The first-order valence-electron chi connectivity index (χ1n) is 6.38. The van der Waals surface area contributed by atoms with Crippen LogP contribution in [0.3, 0.4) is 0 Å². The first kappa shape index (κ1) is 17.4. The molecule has 0 heterocycles. The quantitative estimate of drug-likeness (QED) is 0.629. The predicted molar refractivity (Wildman–Crippen MR) is 76.8 cm³/mol. The topological polar surface area (TPSA) is 43.4 Å². The summed E-state index contributed by atoms with van der Waals surface area (Å²) in [6, 6.07) is 0. The van der Waals surface area contributed by atoms with E-state index in [1.807, 2.05) is 55.4 Å². The van der Waals surface area contributed by atoms with Gasteiger partial charge in [-0.15, -0.1) is 0 Å². The van der Waals surface area contributed by atoms with Crippen molar-refractivity contribution in [3.8, 4) is 0 Å². The Morgan fingerprint density at radius 2 is 0.765 bits per heavy atom. The van der Waals surface area contributed by atoms with E-state index >= 15 is 0 Å². The van der Waals surface area contributed by atoms with Crippen LogP contribution in [0.5, 0.6) is 0 Å². The predicted octanol–water partition coefficient (Wildman–Crippen LogP) is 5.19. The molecule has 0 aromatic rings. The molecule has 0 atom stereocenters. The van der Waals surface area contributed by atoms with E-state index in [2.05, 4.69) is 0 Å². The summed E-state index contributed by atoms with van der Waals surface area (Å²) in [5.41, 5.74) is -0.358. The fourth-order valence-electron chi connectivity index (χ4n) is 1.77. The molecule has 0 bridgehead atoms. The molecule has 0 saturated carbocycles. The summed E-state index contributed by atoms with van der Waals surface area (Å²) in [5.74, 6) is 0. The van der Waals surface area contributed by atoms with Crippen LogP contribution >= 0.6 is 14.7 Å². The van der Waals surface area contributed by atoms with Crippen molar-refractivity contribution in [2.75, 3.05) is 0 Å². The van der Waals surface area contributed by atoms with Crippen LogP contribution in [0.15, 0.2) is 0 Å². The van der Waals surface area contributed by atoms with E-state index < -0.39 is 14.7 Å². The number of rotatable bonds is 6. The first-order valence-corrected chi connectivity index (χ1v) is 9.91. The normalized spacial score (nSPS) is 14.4. The molecule has 104 valence electrons. The minimum atomic E-state index is -2.86. The van der Waals surface area contributed by atoms with Crippen molar-refractivity contribution < 1.29 is 13.4 Å². The zero-order chi connectivity index (χ0) is 14.0. The lowest BCUT2D eigenvalue weighted by molar-refractivity contribution is 0.431. The van der Waals surface area contributed by atoms with Crippen LogP contribution in [0.4, 0.5) is 0 Å². The molecule has 0 amide bonds. The molecule has 0 aliphatic rings. The summed E-state index contributed by atoms with van der Waals surface area (Å²) < 4.78 is 31.5. The fourth-order valence-corrected chi connectivity index (χ4v) is 8.77. The van der Waals surface area contributed by atoms with Gasteiger partial charge in [0.1, 0.15) is 0 Å². The molecule has 0 rings (SSSR count). The van der Waals surface area contributed by atoms with Crippen LogP contribution in [0, 0.1) is 0 Å². The van der Waals surface area contributed by atoms with Crippen LogP contribution < -0.4 is 0 Å².